The lowest BCUT2D eigenvalue weighted by molar-refractivity contribution is 0.115. The van der Waals surface area contributed by atoms with Gasteiger partial charge in [-0.25, -0.2) is 9.78 Å². The Hall–Kier alpha value is -4.14. The second kappa shape index (κ2) is 8.93. The van der Waals surface area contributed by atoms with Gasteiger partial charge in [0.05, 0.1) is 30.8 Å². The van der Waals surface area contributed by atoms with Gasteiger partial charge in [-0.2, -0.15) is 0 Å². The molecule has 0 spiro atoms. The van der Waals surface area contributed by atoms with Crippen LogP contribution in [0.15, 0.2) is 59.7 Å². The number of pyridine rings is 2. The maximum absolute atomic E-state index is 13.3. The van der Waals surface area contributed by atoms with Crippen LogP contribution in [0.4, 0.5) is 16.3 Å². The van der Waals surface area contributed by atoms with Crippen LogP contribution in [0, 0.1) is 0 Å². The van der Waals surface area contributed by atoms with Gasteiger partial charge in [-0.3, -0.25) is 14.2 Å². The number of nitrogens with zero attached hydrogens (tertiary/aromatic N) is 3. The normalized spacial score (nSPS) is 11.0. The Morgan fingerprint density at radius 3 is 2.81 bits per heavy atom. The van der Waals surface area contributed by atoms with Crippen LogP contribution < -0.4 is 20.9 Å². The van der Waals surface area contributed by atoms with Crippen LogP contribution in [0.5, 0.6) is 5.75 Å². The van der Waals surface area contributed by atoms with Gasteiger partial charge >= 0.3 is 6.09 Å². The minimum atomic E-state index is -0.613. The molecule has 0 unspecified atom stereocenters. The van der Waals surface area contributed by atoms with E-state index in [2.05, 4.69) is 20.6 Å². The fourth-order valence-electron chi connectivity index (χ4n) is 3.30. The summed E-state index contributed by atoms with van der Waals surface area (Å²) in [6.07, 6.45) is 2.44. The van der Waals surface area contributed by atoms with Crippen molar-refractivity contribution in [3.63, 3.8) is 0 Å². The summed E-state index contributed by atoms with van der Waals surface area (Å²) in [5.41, 5.74) is 1.89. The van der Waals surface area contributed by atoms with Gasteiger partial charge in [-0.1, -0.05) is 6.07 Å². The lowest BCUT2D eigenvalue weighted by Gasteiger charge is -2.15. The van der Waals surface area contributed by atoms with Crippen LogP contribution in [0.2, 0.25) is 0 Å². The zero-order chi connectivity index (χ0) is 22.7. The van der Waals surface area contributed by atoms with E-state index in [0.29, 0.717) is 17.2 Å². The topological polar surface area (TPSA) is 107 Å². The van der Waals surface area contributed by atoms with Crippen molar-refractivity contribution in [2.24, 2.45) is 0 Å². The number of aromatic nitrogens is 3. The van der Waals surface area contributed by atoms with Crippen LogP contribution in [0.1, 0.15) is 19.4 Å². The molecule has 3 aromatic heterocycles. The average molecular weight is 433 g/mol. The molecule has 0 saturated heterocycles. The molecule has 0 bridgehead atoms. The number of anilines is 2. The third-order valence-electron chi connectivity index (χ3n) is 4.75. The van der Waals surface area contributed by atoms with E-state index in [1.165, 1.54) is 11.5 Å². The zero-order valence-electron chi connectivity index (χ0n) is 18.0. The highest BCUT2D eigenvalue weighted by atomic mass is 16.6. The maximum atomic E-state index is 13.3. The van der Waals surface area contributed by atoms with E-state index >= 15 is 0 Å². The number of hydrogen-bond acceptors (Lipinski definition) is 7. The number of benzene rings is 1. The molecule has 1 amide bonds. The molecule has 4 aromatic rings. The average Bonchev–Trinajstić information content (AvgIpc) is 2.78. The van der Waals surface area contributed by atoms with E-state index in [-0.39, 0.29) is 23.8 Å². The molecule has 32 heavy (non-hydrogen) atoms. The van der Waals surface area contributed by atoms with Gasteiger partial charge in [0.25, 0.3) is 5.56 Å². The Morgan fingerprint density at radius 2 is 2.03 bits per heavy atom. The van der Waals surface area contributed by atoms with Crippen molar-refractivity contribution in [3.8, 4) is 5.75 Å². The standard InChI is InChI=1S/C23H23N5O4/c1-14(2)32-23(30)25-13-17-20(26-16-8-9-18-15(12-16)6-4-10-24-18)27-21-19(31-3)7-5-11-28(21)22(17)29/h4-12,14,26H,13H2,1-3H3,(H,25,30). The molecule has 2 N–H and O–H groups in total. The molecule has 1 aromatic carbocycles. The SMILES string of the molecule is COc1cccn2c(=O)c(CNC(=O)OC(C)C)c(Nc3ccc4ncccc4c3)nc12. The van der Waals surface area contributed by atoms with Crippen molar-refractivity contribution in [2.75, 3.05) is 12.4 Å². The Kier molecular flexibility index (Phi) is 5.89. The van der Waals surface area contributed by atoms with Crippen molar-refractivity contribution in [3.05, 3.63) is 70.8 Å². The summed E-state index contributed by atoms with van der Waals surface area (Å²) in [5, 5.41) is 6.78. The highest BCUT2D eigenvalue weighted by Crippen LogP contribution is 2.24. The molecule has 0 atom stereocenters. The number of ether oxygens (including phenoxy) is 2. The van der Waals surface area contributed by atoms with Crippen molar-refractivity contribution >= 4 is 34.1 Å². The largest absolute Gasteiger partial charge is 0.493 e. The van der Waals surface area contributed by atoms with Crippen LogP contribution in [-0.4, -0.2) is 33.7 Å². The molecule has 3 heterocycles. The van der Waals surface area contributed by atoms with E-state index < -0.39 is 6.09 Å². The predicted molar refractivity (Wildman–Crippen MR) is 121 cm³/mol. The maximum Gasteiger partial charge on any atom is 0.407 e. The molecule has 9 nitrogen and oxygen atoms in total. The number of alkyl carbamates (subject to hydrolysis) is 1. The molecular weight excluding hydrogens is 410 g/mol. The van der Waals surface area contributed by atoms with Crippen molar-refractivity contribution in [1.29, 1.82) is 0 Å². The number of nitrogens with one attached hydrogen (secondary N) is 2. The monoisotopic (exact) mass is 433 g/mol. The summed E-state index contributed by atoms with van der Waals surface area (Å²) in [6.45, 7) is 3.44. The molecule has 0 saturated carbocycles. The van der Waals surface area contributed by atoms with Crippen molar-refractivity contribution < 1.29 is 14.3 Å². The second-order valence-electron chi connectivity index (χ2n) is 7.36. The molecule has 0 radical (unpaired) electrons. The van der Waals surface area contributed by atoms with Gasteiger partial charge in [-0.05, 0) is 50.2 Å². The molecule has 0 aliphatic heterocycles. The summed E-state index contributed by atoms with van der Waals surface area (Å²) in [5.74, 6) is 0.765. The lowest BCUT2D eigenvalue weighted by Crippen LogP contribution is -2.31. The van der Waals surface area contributed by atoms with Gasteiger partial charge < -0.3 is 20.1 Å². The fraction of sp³-hybridized carbons (Fsp3) is 0.217. The Bertz CT molecular complexity index is 1350. The predicted octanol–water partition coefficient (Wildman–Crippen LogP) is 3.63. The first-order chi connectivity index (χ1) is 15.5. The van der Waals surface area contributed by atoms with Crippen LogP contribution in [0.3, 0.4) is 0 Å². The molecular formula is C23H23N5O4. The third kappa shape index (κ3) is 4.31. The van der Waals surface area contributed by atoms with E-state index in [1.54, 1.807) is 38.4 Å². The Labute approximate surface area is 184 Å². The van der Waals surface area contributed by atoms with Crippen LogP contribution in [-0.2, 0) is 11.3 Å². The number of rotatable bonds is 6. The fourth-order valence-corrected chi connectivity index (χ4v) is 3.30. The molecule has 164 valence electrons. The van der Waals surface area contributed by atoms with Gasteiger partial charge in [0.1, 0.15) is 5.82 Å². The molecule has 4 rings (SSSR count). The van der Waals surface area contributed by atoms with Crippen LogP contribution in [0.25, 0.3) is 16.6 Å². The number of fused-ring (bicyclic) bond motifs is 2. The quantitative estimate of drug-likeness (QED) is 0.478. The zero-order valence-corrected chi connectivity index (χ0v) is 18.0. The second-order valence-corrected chi connectivity index (χ2v) is 7.36. The first-order valence-corrected chi connectivity index (χ1v) is 10.1. The third-order valence-corrected chi connectivity index (χ3v) is 4.75. The summed E-state index contributed by atoms with van der Waals surface area (Å²) >= 11 is 0. The van der Waals surface area contributed by atoms with Gasteiger partial charge in [0.2, 0.25) is 0 Å². The van der Waals surface area contributed by atoms with Crippen molar-refractivity contribution in [1.82, 2.24) is 19.7 Å². The van der Waals surface area contributed by atoms with Gasteiger partial charge in [-0.15, -0.1) is 0 Å². The van der Waals surface area contributed by atoms with Crippen molar-refractivity contribution in [2.45, 2.75) is 26.5 Å². The van der Waals surface area contributed by atoms with Gasteiger partial charge in [0, 0.05) is 23.5 Å². The van der Waals surface area contributed by atoms with E-state index in [4.69, 9.17) is 9.47 Å². The van der Waals surface area contributed by atoms with Gasteiger partial charge in [0.15, 0.2) is 11.4 Å². The minimum Gasteiger partial charge on any atom is -0.493 e. The van der Waals surface area contributed by atoms with Crippen LogP contribution >= 0.6 is 0 Å². The molecule has 0 aliphatic carbocycles. The first kappa shape index (κ1) is 21.1. The van der Waals surface area contributed by atoms with E-state index in [1.807, 2.05) is 30.3 Å². The van der Waals surface area contributed by atoms with E-state index in [0.717, 1.165) is 16.6 Å². The smallest absolute Gasteiger partial charge is 0.407 e. The highest BCUT2D eigenvalue weighted by Gasteiger charge is 2.17. The minimum absolute atomic E-state index is 0.0605. The Morgan fingerprint density at radius 1 is 1.19 bits per heavy atom. The summed E-state index contributed by atoms with van der Waals surface area (Å²) in [6, 6.07) is 12.9. The van der Waals surface area contributed by atoms with E-state index in [9.17, 15) is 9.59 Å². The summed E-state index contributed by atoms with van der Waals surface area (Å²) in [4.78, 5) is 34.3. The summed E-state index contributed by atoms with van der Waals surface area (Å²) < 4.78 is 11.9. The molecule has 9 heteroatoms. The summed E-state index contributed by atoms with van der Waals surface area (Å²) in [7, 11) is 1.52. The Balaban J connectivity index is 1.78. The lowest BCUT2D eigenvalue weighted by atomic mass is 10.2. The highest BCUT2D eigenvalue weighted by molar-refractivity contribution is 5.83. The molecule has 0 fully saturated rings. The molecule has 0 aliphatic rings. The number of methoxy groups -OCH3 is 1. The first-order valence-electron chi connectivity index (χ1n) is 10.1. The number of carbonyl (C=O) groups excluding carboxylic acids is 1. The number of hydrogen-bond donors (Lipinski definition) is 2. The number of amides is 1. The number of carbonyl (C=O) groups is 1.